The molecule has 0 saturated carbocycles. The molecule has 0 aliphatic carbocycles. The summed E-state index contributed by atoms with van der Waals surface area (Å²) in [6.07, 6.45) is 0. The predicted octanol–water partition coefficient (Wildman–Crippen LogP) is 3.53. The first-order valence-corrected chi connectivity index (χ1v) is 5.25. The van der Waals surface area contributed by atoms with Crippen molar-refractivity contribution >= 4 is 15.9 Å². The minimum atomic E-state index is 0.0567. The number of halogens is 1. The van der Waals surface area contributed by atoms with Gasteiger partial charge >= 0.3 is 0 Å². The standard InChI is InChI=1S/C12H9BrO2/c13-9-6-7-10(14)11(12(9)15)8-4-2-1-3-5-8/h1-7,14-15H. The van der Waals surface area contributed by atoms with Crippen molar-refractivity contribution in [2.45, 2.75) is 0 Å². The molecule has 0 radical (unpaired) electrons. The molecule has 2 rings (SSSR count). The Bertz CT molecular complexity index is 480. The summed E-state index contributed by atoms with van der Waals surface area (Å²) in [6.45, 7) is 0. The van der Waals surface area contributed by atoms with Gasteiger partial charge in [0.05, 0.1) is 10.0 Å². The molecule has 0 fully saturated rings. The molecule has 0 unspecified atom stereocenters. The van der Waals surface area contributed by atoms with E-state index in [0.717, 1.165) is 5.56 Å². The molecule has 76 valence electrons. The van der Waals surface area contributed by atoms with Crippen LogP contribution in [0.3, 0.4) is 0 Å². The van der Waals surface area contributed by atoms with Crippen LogP contribution in [0.2, 0.25) is 0 Å². The van der Waals surface area contributed by atoms with Crippen LogP contribution < -0.4 is 0 Å². The Morgan fingerprint density at radius 2 is 1.53 bits per heavy atom. The van der Waals surface area contributed by atoms with Gasteiger partial charge in [0.15, 0.2) is 0 Å². The first kappa shape index (κ1) is 10.1. The number of hydrogen-bond donors (Lipinski definition) is 2. The summed E-state index contributed by atoms with van der Waals surface area (Å²) in [7, 11) is 0. The lowest BCUT2D eigenvalue weighted by molar-refractivity contribution is 0.452. The van der Waals surface area contributed by atoms with E-state index in [-0.39, 0.29) is 11.5 Å². The minimum absolute atomic E-state index is 0.0567. The summed E-state index contributed by atoms with van der Waals surface area (Å²) in [5.41, 5.74) is 1.23. The van der Waals surface area contributed by atoms with Gasteiger partial charge in [0.1, 0.15) is 11.5 Å². The van der Waals surface area contributed by atoms with Crippen molar-refractivity contribution in [3.05, 3.63) is 46.9 Å². The first-order valence-electron chi connectivity index (χ1n) is 4.46. The van der Waals surface area contributed by atoms with Crippen molar-refractivity contribution in [3.8, 4) is 22.6 Å². The minimum Gasteiger partial charge on any atom is -0.507 e. The molecule has 0 bridgehead atoms. The fraction of sp³-hybridized carbons (Fsp3) is 0. The third-order valence-electron chi connectivity index (χ3n) is 2.17. The van der Waals surface area contributed by atoms with Gasteiger partial charge in [-0.1, -0.05) is 30.3 Å². The van der Waals surface area contributed by atoms with E-state index in [1.54, 1.807) is 12.1 Å². The van der Waals surface area contributed by atoms with E-state index < -0.39 is 0 Å². The maximum atomic E-state index is 9.82. The predicted molar refractivity (Wildman–Crippen MR) is 62.9 cm³/mol. The van der Waals surface area contributed by atoms with E-state index in [1.807, 2.05) is 30.3 Å². The van der Waals surface area contributed by atoms with E-state index in [9.17, 15) is 10.2 Å². The smallest absolute Gasteiger partial charge is 0.141 e. The third kappa shape index (κ3) is 1.83. The molecule has 0 saturated heterocycles. The van der Waals surface area contributed by atoms with Gasteiger partial charge in [0, 0.05) is 0 Å². The average Bonchev–Trinajstić information content (AvgIpc) is 2.26. The maximum absolute atomic E-state index is 9.82. The highest BCUT2D eigenvalue weighted by molar-refractivity contribution is 9.10. The summed E-state index contributed by atoms with van der Waals surface area (Å²) >= 11 is 3.22. The second-order valence-corrected chi connectivity index (χ2v) is 4.01. The van der Waals surface area contributed by atoms with Crippen LogP contribution in [-0.4, -0.2) is 10.2 Å². The monoisotopic (exact) mass is 264 g/mol. The second-order valence-electron chi connectivity index (χ2n) is 3.16. The zero-order chi connectivity index (χ0) is 10.8. The van der Waals surface area contributed by atoms with E-state index in [0.29, 0.717) is 10.0 Å². The third-order valence-corrected chi connectivity index (χ3v) is 2.81. The molecular weight excluding hydrogens is 256 g/mol. The van der Waals surface area contributed by atoms with Crippen LogP contribution in [0, 0.1) is 0 Å². The molecule has 0 aromatic heterocycles. The number of aromatic hydroxyl groups is 2. The van der Waals surface area contributed by atoms with Crippen molar-refractivity contribution in [2.75, 3.05) is 0 Å². The highest BCUT2D eigenvalue weighted by atomic mass is 79.9. The van der Waals surface area contributed by atoms with Crippen LogP contribution in [0.25, 0.3) is 11.1 Å². The average molecular weight is 265 g/mol. The Kier molecular flexibility index (Phi) is 2.64. The van der Waals surface area contributed by atoms with Crippen molar-refractivity contribution in [1.82, 2.24) is 0 Å². The molecule has 0 aliphatic heterocycles. The molecule has 2 aromatic rings. The summed E-state index contributed by atoms with van der Waals surface area (Å²) in [4.78, 5) is 0. The van der Waals surface area contributed by atoms with Crippen LogP contribution in [0.4, 0.5) is 0 Å². The van der Waals surface area contributed by atoms with Gasteiger partial charge < -0.3 is 10.2 Å². The highest BCUT2D eigenvalue weighted by Gasteiger charge is 2.12. The van der Waals surface area contributed by atoms with Gasteiger partial charge in [-0.2, -0.15) is 0 Å². The summed E-state index contributed by atoms with van der Waals surface area (Å²) in [5.74, 6) is 0.128. The Hall–Kier alpha value is -1.48. The summed E-state index contributed by atoms with van der Waals surface area (Å²) in [6, 6.07) is 12.4. The number of rotatable bonds is 1. The van der Waals surface area contributed by atoms with E-state index >= 15 is 0 Å². The Morgan fingerprint density at radius 1 is 0.867 bits per heavy atom. The Labute approximate surface area is 95.9 Å². The number of phenolic OH excluding ortho intramolecular Hbond substituents is 2. The van der Waals surface area contributed by atoms with Gasteiger partial charge in [-0.05, 0) is 33.6 Å². The van der Waals surface area contributed by atoms with Crippen LogP contribution >= 0.6 is 15.9 Å². The Morgan fingerprint density at radius 3 is 2.20 bits per heavy atom. The maximum Gasteiger partial charge on any atom is 0.141 e. The number of hydrogen-bond acceptors (Lipinski definition) is 2. The molecule has 2 nitrogen and oxygen atoms in total. The van der Waals surface area contributed by atoms with Gasteiger partial charge in [-0.15, -0.1) is 0 Å². The van der Waals surface area contributed by atoms with Crippen molar-refractivity contribution in [1.29, 1.82) is 0 Å². The van der Waals surface area contributed by atoms with Gasteiger partial charge in [0.25, 0.3) is 0 Å². The van der Waals surface area contributed by atoms with Crippen molar-refractivity contribution in [3.63, 3.8) is 0 Å². The molecule has 0 aliphatic rings. The molecular formula is C12H9BrO2. The summed E-state index contributed by atoms with van der Waals surface area (Å²) in [5, 5.41) is 19.5. The SMILES string of the molecule is Oc1ccc(Br)c(O)c1-c1ccccc1. The van der Waals surface area contributed by atoms with E-state index in [1.165, 1.54) is 0 Å². The lowest BCUT2D eigenvalue weighted by Crippen LogP contribution is -1.81. The second kappa shape index (κ2) is 3.95. The molecule has 0 heterocycles. The van der Waals surface area contributed by atoms with Crippen LogP contribution in [0.1, 0.15) is 0 Å². The number of phenols is 2. The largest absolute Gasteiger partial charge is 0.507 e. The normalized spacial score (nSPS) is 10.2. The Balaban J connectivity index is 2.68. The molecule has 3 heteroatoms. The highest BCUT2D eigenvalue weighted by Crippen LogP contribution is 2.41. The number of benzene rings is 2. The molecule has 2 aromatic carbocycles. The van der Waals surface area contributed by atoms with Gasteiger partial charge in [-0.3, -0.25) is 0 Å². The van der Waals surface area contributed by atoms with Crippen LogP contribution in [-0.2, 0) is 0 Å². The molecule has 0 spiro atoms. The quantitative estimate of drug-likeness (QED) is 0.828. The van der Waals surface area contributed by atoms with Crippen molar-refractivity contribution < 1.29 is 10.2 Å². The van der Waals surface area contributed by atoms with Gasteiger partial charge in [-0.25, -0.2) is 0 Å². The van der Waals surface area contributed by atoms with E-state index in [4.69, 9.17) is 0 Å². The van der Waals surface area contributed by atoms with Gasteiger partial charge in [0.2, 0.25) is 0 Å². The lowest BCUT2D eigenvalue weighted by atomic mass is 10.0. The van der Waals surface area contributed by atoms with Crippen LogP contribution in [0.5, 0.6) is 11.5 Å². The molecule has 0 atom stereocenters. The zero-order valence-electron chi connectivity index (χ0n) is 7.81. The fourth-order valence-electron chi connectivity index (χ4n) is 1.44. The molecule has 0 amide bonds. The molecule has 2 N–H and O–H groups in total. The molecule has 15 heavy (non-hydrogen) atoms. The lowest BCUT2D eigenvalue weighted by Gasteiger charge is -2.08. The van der Waals surface area contributed by atoms with E-state index in [2.05, 4.69) is 15.9 Å². The first-order chi connectivity index (χ1) is 7.20. The summed E-state index contributed by atoms with van der Waals surface area (Å²) < 4.78 is 0.569. The van der Waals surface area contributed by atoms with Crippen LogP contribution in [0.15, 0.2) is 46.9 Å². The topological polar surface area (TPSA) is 40.5 Å². The van der Waals surface area contributed by atoms with Crippen molar-refractivity contribution in [2.24, 2.45) is 0 Å². The fourth-order valence-corrected chi connectivity index (χ4v) is 1.77. The zero-order valence-corrected chi connectivity index (χ0v) is 9.40.